The lowest BCUT2D eigenvalue weighted by Crippen LogP contribution is -2.60. The van der Waals surface area contributed by atoms with E-state index in [4.69, 9.17) is 9.47 Å². The van der Waals surface area contributed by atoms with Gasteiger partial charge in [0, 0.05) is 6.42 Å². The first-order valence-electron chi connectivity index (χ1n) is 28.7. The number of rotatable bonds is 49. The third kappa shape index (κ3) is 37.9. The third-order valence-corrected chi connectivity index (χ3v) is 13.7. The molecule has 9 nitrogen and oxygen atoms in total. The van der Waals surface area contributed by atoms with Gasteiger partial charge < -0.3 is 40.3 Å². The van der Waals surface area contributed by atoms with Crippen LogP contribution in [0.15, 0.2) is 36.5 Å². The Hall–Kier alpha value is -1.59. The van der Waals surface area contributed by atoms with Crippen LogP contribution in [-0.2, 0) is 14.3 Å². The van der Waals surface area contributed by atoms with Gasteiger partial charge in [0.15, 0.2) is 6.29 Å². The molecule has 0 spiro atoms. The summed E-state index contributed by atoms with van der Waals surface area (Å²) in [5, 5.41) is 54.5. The van der Waals surface area contributed by atoms with E-state index in [9.17, 15) is 30.3 Å². The van der Waals surface area contributed by atoms with Gasteiger partial charge in [-0.15, -0.1) is 0 Å². The molecule has 0 bridgehead atoms. The van der Waals surface area contributed by atoms with Crippen molar-refractivity contribution >= 4 is 5.91 Å². The zero-order chi connectivity index (χ0) is 48.7. The molecular formula is C58H109NO8. The summed E-state index contributed by atoms with van der Waals surface area (Å²) in [7, 11) is 0. The lowest BCUT2D eigenvalue weighted by molar-refractivity contribution is -0.302. The van der Waals surface area contributed by atoms with Crippen LogP contribution in [0.1, 0.15) is 271 Å². The molecule has 9 heteroatoms. The van der Waals surface area contributed by atoms with Gasteiger partial charge in [-0.3, -0.25) is 4.79 Å². The molecule has 1 saturated heterocycles. The van der Waals surface area contributed by atoms with Crippen molar-refractivity contribution in [3.63, 3.8) is 0 Å². The molecule has 1 heterocycles. The minimum absolute atomic E-state index is 0.177. The van der Waals surface area contributed by atoms with Crippen LogP contribution in [0.25, 0.3) is 0 Å². The molecule has 1 aliphatic heterocycles. The number of amides is 1. The largest absolute Gasteiger partial charge is 0.394 e. The van der Waals surface area contributed by atoms with Crippen molar-refractivity contribution in [3.8, 4) is 0 Å². The number of unbranched alkanes of at least 4 members (excludes halogenated alkanes) is 35. The van der Waals surface area contributed by atoms with Gasteiger partial charge in [-0.25, -0.2) is 0 Å². The number of ether oxygens (including phenoxy) is 2. The topological polar surface area (TPSA) is 149 Å². The monoisotopic (exact) mass is 948 g/mol. The van der Waals surface area contributed by atoms with Crippen molar-refractivity contribution in [1.82, 2.24) is 5.32 Å². The van der Waals surface area contributed by atoms with E-state index in [0.717, 1.165) is 44.9 Å². The fourth-order valence-corrected chi connectivity index (χ4v) is 9.13. The van der Waals surface area contributed by atoms with Crippen molar-refractivity contribution in [2.45, 2.75) is 314 Å². The molecule has 0 saturated carbocycles. The summed E-state index contributed by atoms with van der Waals surface area (Å²) in [6, 6.07) is -0.806. The van der Waals surface area contributed by atoms with Crippen LogP contribution in [-0.4, -0.2) is 87.5 Å². The smallest absolute Gasteiger partial charge is 0.220 e. The Morgan fingerprint density at radius 2 is 0.881 bits per heavy atom. The second-order valence-electron chi connectivity index (χ2n) is 20.1. The highest BCUT2D eigenvalue weighted by Gasteiger charge is 2.44. The highest BCUT2D eigenvalue weighted by Crippen LogP contribution is 2.23. The van der Waals surface area contributed by atoms with Crippen molar-refractivity contribution in [2.24, 2.45) is 0 Å². The normalized spacial score (nSPS) is 19.9. The van der Waals surface area contributed by atoms with Crippen LogP contribution >= 0.6 is 0 Å². The maximum atomic E-state index is 13.0. The molecule has 1 amide bonds. The van der Waals surface area contributed by atoms with Gasteiger partial charge >= 0.3 is 0 Å². The van der Waals surface area contributed by atoms with Crippen LogP contribution in [0.2, 0.25) is 0 Å². The zero-order valence-corrected chi connectivity index (χ0v) is 43.7. The number of hydrogen-bond donors (Lipinski definition) is 6. The summed E-state index contributed by atoms with van der Waals surface area (Å²) in [6.07, 6.45) is 54.9. The zero-order valence-electron chi connectivity index (χ0n) is 43.7. The summed E-state index contributed by atoms with van der Waals surface area (Å²) in [4.78, 5) is 13.0. The summed E-state index contributed by atoms with van der Waals surface area (Å²) in [6.45, 7) is 3.80. The van der Waals surface area contributed by atoms with E-state index in [1.54, 1.807) is 6.08 Å². The average Bonchev–Trinajstić information content (AvgIpc) is 3.33. The SMILES string of the molecule is CCCCCCCCCCC/C=C\C/C=C\CCCCCCCCCCCCCC(=O)NC(COC1OC(CO)C(O)C(O)C1O)C(O)/C=C/CCCCCCCCCCCCCCCCC. The molecule has 6 N–H and O–H groups in total. The van der Waals surface area contributed by atoms with Crippen molar-refractivity contribution in [2.75, 3.05) is 13.2 Å². The number of aliphatic hydroxyl groups excluding tert-OH is 5. The van der Waals surface area contributed by atoms with Gasteiger partial charge in [0.25, 0.3) is 0 Å². The second-order valence-corrected chi connectivity index (χ2v) is 20.1. The highest BCUT2D eigenvalue weighted by molar-refractivity contribution is 5.76. The number of aliphatic hydroxyl groups is 5. The molecule has 394 valence electrons. The standard InChI is InChI=1S/C58H109NO8/c1-3-5-7-9-11-13-15-17-19-21-22-23-24-25-26-27-28-29-30-32-34-36-38-40-42-44-46-48-54(62)59-51(50-66-58-57(65)56(64)55(63)53(49-60)67-58)52(61)47-45-43-41-39-37-35-33-31-20-18-16-14-12-10-8-6-4-2/h22-23,25-26,45,47,51-53,55-58,60-61,63-65H,3-21,24,27-44,46,48-50H2,1-2H3,(H,59,62)/b23-22-,26-25-,47-45+. The minimum atomic E-state index is -1.57. The van der Waals surface area contributed by atoms with Gasteiger partial charge in [-0.05, 0) is 51.4 Å². The van der Waals surface area contributed by atoms with E-state index in [-0.39, 0.29) is 12.5 Å². The van der Waals surface area contributed by atoms with Crippen LogP contribution in [0.3, 0.4) is 0 Å². The minimum Gasteiger partial charge on any atom is -0.394 e. The fraction of sp³-hybridized carbons (Fsp3) is 0.879. The molecule has 0 radical (unpaired) electrons. The molecule has 0 aromatic heterocycles. The molecule has 67 heavy (non-hydrogen) atoms. The predicted octanol–water partition coefficient (Wildman–Crippen LogP) is 14.0. The van der Waals surface area contributed by atoms with Crippen molar-refractivity contribution < 1.29 is 39.8 Å². The van der Waals surface area contributed by atoms with E-state index < -0.39 is 49.5 Å². The molecular weight excluding hydrogens is 839 g/mol. The molecule has 1 rings (SSSR count). The van der Waals surface area contributed by atoms with E-state index in [0.29, 0.717) is 6.42 Å². The summed E-state index contributed by atoms with van der Waals surface area (Å²) >= 11 is 0. The Balaban J connectivity index is 2.21. The van der Waals surface area contributed by atoms with Gasteiger partial charge in [0.2, 0.25) is 5.91 Å². The molecule has 7 unspecified atom stereocenters. The fourth-order valence-electron chi connectivity index (χ4n) is 9.13. The van der Waals surface area contributed by atoms with E-state index in [2.05, 4.69) is 43.5 Å². The number of carbonyl (C=O) groups excluding carboxylic acids is 1. The molecule has 1 aliphatic rings. The van der Waals surface area contributed by atoms with Gasteiger partial charge in [0.1, 0.15) is 24.4 Å². The summed E-state index contributed by atoms with van der Waals surface area (Å²) in [5.41, 5.74) is 0. The Morgan fingerprint density at radius 1 is 0.507 bits per heavy atom. The molecule has 0 aliphatic carbocycles. The Bertz CT molecular complexity index is 1150. The highest BCUT2D eigenvalue weighted by atomic mass is 16.7. The second kappa shape index (κ2) is 48.1. The number of carbonyl (C=O) groups is 1. The Labute approximate surface area is 412 Å². The first-order valence-corrected chi connectivity index (χ1v) is 28.7. The van der Waals surface area contributed by atoms with Crippen molar-refractivity contribution in [1.29, 1.82) is 0 Å². The molecule has 0 aromatic rings. The molecule has 7 atom stereocenters. The Kier molecular flexibility index (Phi) is 45.5. The average molecular weight is 949 g/mol. The predicted molar refractivity (Wildman–Crippen MR) is 281 cm³/mol. The Morgan fingerprint density at radius 3 is 1.28 bits per heavy atom. The van der Waals surface area contributed by atoms with Crippen LogP contribution < -0.4 is 5.32 Å². The lowest BCUT2D eigenvalue weighted by atomic mass is 9.99. The lowest BCUT2D eigenvalue weighted by Gasteiger charge is -2.40. The third-order valence-electron chi connectivity index (χ3n) is 13.7. The van der Waals surface area contributed by atoms with Gasteiger partial charge in [0.05, 0.1) is 25.4 Å². The summed E-state index contributed by atoms with van der Waals surface area (Å²) in [5.74, 6) is -0.177. The maximum absolute atomic E-state index is 13.0. The van der Waals surface area contributed by atoms with Gasteiger partial charge in [-0.1, -0.05) is 249 Å². The number of allylic oxidation sites excluding steroid dienone is 5. The molecule has 0 aromatic carbocycles. The quantitative estimate of drug-likeness (QED) is 0.0261. The first kappa shape index (κ1) is 63.4. The van der Waals surface area contributed by atoms with Crippen LogP contribution in [0.5, 0.6) is 0 Å². The number of nitrogens with one attached hydrogen (secondary N) is 1. The molecule has 1 fully saturated rings. The van der Waals surface area contributed by atoms with E-state index >= 15 is 0 Å². The van der Waals surface area contributed by atoms with Crippen molar-refractivity contribution in [3.05, 3.63) is 36.5 Å². The summed E-state index contributed by atoms with van der Waals surface area (Å²) < 4.78 is 11.3. The maximum Gasteiger partial charge on any atom is 0.220 e. The van der Waals surface area contributed by atoms with Crippen LogP contribution in [0.4, 0.5) is 0 Å². The van der Waals surface area contributed by atoms with E-state index in [1.807, 2.05) is 6.08 Å². The van der Waals surface area contributed by atoms with Gasteiger partial charge in [-0.2, -0.15) is 0 Å². The number of hydrogen-bond acceptors (Lipinski definition) is 8. The van der Waals surface area contributed by atoms with E-state index in [1.165, 1.54) is 205 Å². The first-order chi connectivity index (χ1) is 32.8. The van der Waals surface area contributed by atoms with Crippen LogP contribution in [0, 0.1) is 0 Å².